The number of hydrogen-bond acceptors (Lipinski definition) is 2. The van der Waals surface area contributed by atoms with E-state index < -0.39 is 0 Å². The summed E-state index contributed by atoms with van der Waals surface area (Å²) in [6.07, 6.45) is 1.09. The van der Waals surface area contributed by atoms with Crippen LogP contribution in [-0.4, -0.2) is 17.7 Å². The molecule has 0 atom stereocenters. The molecular formula is C12H17NO2. The van der Waals surface area contributed by atoms with E-state index in [9.17, 15) is 4.79 Å². The summed E-state index contributed by atoms with van der Waals surface area (Å²) in [6, 6.07) is 8.36. The minimum absolute atomic E-state index is 0.329. The van der Waals surface area contributed by atoms with E-state index in [2.05, 4.69) is 50.0 Å². The van der Waals surface area contributed by atoms with E-state index in [-0.39, 0.29) is 12.6 Å². The van der Waals surface area contributed by atoms with Crippen molar-refractivity contribution in [3.8, 4) is 0 Å². The van der Waals surface area contributed by atoms with Gasteiger partial charge in [0, 0.05) is 0 Å². The molecule has 15 heavy (non-hydrogen) atoms. The zero-order valence-electron chi connectivity index (χ0n) is 9.16. The molecule has 0 saturated carbocycles. The highest BCUT2D eigenvalue weighted by Crippen LogP contribution is 2.02. The monoisotopic (exact) mass is 207 g/mol. The van der Waals surface area contributed by atoms with Crippen molar-refractivity contribution in [1.29, 1.82) is 0 Å². The molecule has 0 unspecified atom stereocenters. The van der Waals surface area contributed by atoms with Gasteiger partial charge in [0.05, 0.1) is 0 Å². The number of nitrogens with one attached hydrogen (secondary N) is 1. The number of aryl methyl sites for hydroxylation is 2. The first-order chi connectivity index (χ1) is 7.11. The van der Waals surface area contributed by atoms with Crippen molar-refractivity contribution >= 4 is 5.91 Å². The van der Waals surface area contributed by atoms with E-state index >= 15 is 0 Å². The number of amides is 1. The Balaban J connectivity index is 0.000000265. The lowest BCUT2D eigenvalue weighted by atomic mass is 10.1. The number of aliphatic hydroxyl groups excluding tert-OH is 1. The molecule has 0 aliphatic heterocycles. The Labute approximate surface area is 90.4 Å². The van der Waals surface area contributed by atoms with Crippen LogP contribution in [0, 0.1) is 13.8 Å². The third kappa shape index (κ3) is 6.46. The Bertz CT molecular complexity index is 300. The summed E-state index contributed by atoms with van der Waals surface area (Å²) >= 11 is 0. The fourth-order valence-corrected chi connectivity index (χ4v) is 0.813. The minimum atomic E-state index is -0.359. The maximum Gasteiger partial charge on any atom is 0.245 e. The quantitative estimate of drug-likeness (QED) is 0.571. The number of carbonyl (C=O) groups is 1. The molecule has 1 amide bonds. The average Bonchev–Trinajstić information content (AvgIpc) is 2.24. The second kappa shape index (κ2) is 7.76. The third-order valence-corrected chi connectivity index (χ3v) is 1.86. The highest BCUT2D eigenvalue weighted by Gasteiger charge is 1.84. The van der Waals surface area contributed by atoms with Crippen molar-refractivity contribution in [2.75, 3.05) is 6.73 Å². The Hall–Kier alpha value is -1.61. The molecule has 0 heterocycles. The lowest BCUT2D eigenvalue weighted by Crippen LogP contribution is -2.20. The minimum Gasteiger partial charge on any atom is -0.376 e. The highest BCUT2D eigenvalue weighted by molar-refractivity contribution is 5.86. The summed E-state index contributed by atoms with van der Waals surface area (Å²) in [4.78, 5) is 10.0. The van der Waals surface area contributed by atoms with Gasteiger partial charge in [-0.15, -0.1) is 0 Å². The Morgan fingerprint density at radius 2 is 1.87 bits per heavy atom. The molecule has 1 aromatic carbocycles. The SMILES string of the molecule is C=CC(=O)NCO.Cc1ccccc1C. The molecule has 3 nitrogen and oxygen atoms in total. The molecule has 0 radical (unpaired) electrons. The topological polar surface area (TPSA) is 49.3 Å². The van der Waals surface area contributed by atoms with Crippen LogP contribution in [0.5, 0.6) is 0 Å². The summed E-state index contributed by atoms with van der Waals surface area (Å²) in [5.41, 5.74) is 2.74. The van der Waals surface area contributed by atoms with Gasteiger partial charge >= 0.3 is 0 Å². The van der Waals surface area contributed by atoms with Gasteiger partial charge in [-0.3, -0.25) is 4.79 Å². The summed E-state index contributed by atoms with van der Waals surface area (Å²) < 4.78 is 0. The Morgan fingerprint density at radius 1 is 1.40 bits per heavy atom. The number of aliphatic hydroxyl groups is 1. The van der Waals surface area contributed by atoms with Gasteiger partial charge in [0.2, 0.25) is 5.91 Å². The highest BCUT2D eigenvalue weighted by atomic mass is 16.3. The van der Waals surface area contributed by atoms with E-state index in [1.807, 2.05) is 0 Å². The molecule has 0 aliphatic rings. The first-order valence-corrected chi connectivity index (χ1v) is 4.65. The van der Waals surface area contributed by atoms with Crippen molar-refractivity contribution in [2.45, 2.75) is 13.8 Å². The van der Waals surface area contributed by atoms with Crippen LogP contribution in [0.15, 0.2) is 36.9 Å². The number of hydrogen-bond donors (Lipinski definition) is 2. The molecule has 2 N–H and O–H groups in total. The molecule has 3 heteroatoms. The van der Waals surface area contributed by atoms with Gasteiger partial charge in [-0.05, 0) is 31.1 Å². The molecule has 0 bridgehead atoms. The van der Waals surface area contributed by atoms with Gasteiger partial charge in [0.15, 0.2) is 0 Å². The van der Waals surface area contributed by atoms with Gasteiger partial charge in [0.1, 0.15) is 6.73 Å². The maximum absolute atomic E-state index is 10.0. The van der Waals surface area contributed by atoms with E-state index in [0.717, 1.165) is 6.08 Å². The lowest BCUT2D eigenvalue weighted by molar-refractivity contribution is -0.117. The van der Waals surface area contributed by atoms with Crippen LogP contribution in [0.3, 0.4) is 0 Å². The van der Waals surface area contributed by atoms with Crippen LogP contribution in [0.2, 0.25) is 0 Å². The molecule has 1 aromatic rings. The molecule has 0 aliphatic carbocycles. The van der Waals surface area contributed by atoms with Gasteiger partial charge < -0.3 is 10.4 Å². The second-order valence-electron chi connectivity index (χ2n) is 2.99. The molecule has 82 valence electrons. The van der Waals surface area contributed by atoms with Crippen molar-refractivity contribution < 1.29 is 9.90 Å². The molecular weight excluding hydrogens is 190 g/mol. The number of carbonyl (C=O) groups excluding carboxylic acids is 1. The number of benzene rings is 1. The zero-order chi connectivity index (χ0) is 11.7. The Kier molecular flexibility index (Phi) is 6.93. The van der Waals surface area contributed by atoms with Gasteiger partial charge in [-0.2, -0.15) is 0 Å². The molecule has 0 spiro atoms. The van der Waals surface area contributed by atoms with Gasteiger partial charge in [0.25, 0.3) is 0 Å². The van der Waals surface area contributed by atoms with Gasteiger partial charge in [-0.25, -0.2) is 0 Å². The first kappa shape index (κ1) is 13.4. The fraction of sp³-hybridized carbons (Fsp3) is 0.250. The Morgan fingerprint density at radius 3 is 2.07 bits per heavy atom. The molecule has 0 saturated heterocycles. The van der Waals surface area contributed by atoms with E-state index in [1.165, 1.54) is 11.1 Å². The standard InChI is InChI=1S/C8H10.C4H7NO2/c1-7-5-3-4-6-8(7)2;1-2-4(7)5-3-6/h3-6H,1-2H3;2,6H,1,3H2,(H,5,7). The normalized spacial score (nSPS) is 8.47. The molecule has 0 aromatic heterocycles. The van der Waals surface area contributed by atoms with Crippen LogP contribution >= 0.6 is 0 Å². The molecule has 1 rings (SSSR count). The zero-order valence-corrected chi connectivity index (χ0v) is 9.16. The average molecular weight is 207 g/mol. The van der Waals surface area contributed by atoms with Crippen molar-refractivity contribution in [1.82, 2.24) is 5.32 Å². The molecule has 0 fully saturated rings. The summed E-state index contributed by atoms with van der Waals surface area (Å²) in [5, 5.41) is 10.1. The van der Waals surface area contributed by atoms with E-state index in [4.69, 9.17) is 5.11 Å². The van der Waals surface area contributed by atoms with Crippen molar-refractivity contribution in [2.24, 2.45) is 0 Å². The summed E-state index contributed by atoms with van der Waals surface area (Å²) in [5.74, 6) is -0.359. The van der Waals surface area contributed by atoms with Gasteiger partial charge in [-0.1, -0.05) is 30.8 Å². The first-order valence-electron chi connectivity index (χ1n) is 4.65. The predicted octanol–water partition coefficient (Wildman–Crippen LogP) is 1.54. The second-order valence-corrected chi connectivity index (χ2v) is 2.99. The number of rotatable bonds is 2. The third-order valence-electron chi connectivity index (χ3n) is 1.86. The van der Waals surface area contributed by atoms with Crippen molar-refractivity contribution in [3.05, 3.63) is 48.0 Å². The van der Waals surface area contributed by atoms with E-state index in [1.54, 1.807) is 0 Å². The van der Waals surface area contributed by atoms with Crippen LogP contribution in [-0.2, 0) is 4.79 Å². The van der Waals surface area contributed by atoms with Crippen LogP contribution < -0.4 is 5.32 Å². The summed E-state index contributed by atoms with van der Waals surface area (Å²) in [6.45, 7) is 7.07. The van der Waals surface area contributed by atoms with Crippen molar-refractivity contribution in [3.63, 3.8) is 0 Å². The fourth-order valence-electron chi connectivity index (χ4n) is 0.813. The largest absolute Gasteiger partial charge is 0.376 e. The smallest absolute Gasteiger partial charge is 0.245 e. The van der Waals surface area contributed by atoms with Crippen LogP contribution in [0.25, 0.3) is 0 Å². The lowest BCUT2D eigenvalue weighted by Gasteiger charge is -1.93. The maximum atomic E-state index is 10.0. The van der Waals surface area contributed by atoms with Crippen LogP contribution in [0.4, 0.5) is 0 Å². The predicted molar refractivity (Wildman–Crippen MR) is 61.3 cm³/mol. The van der Waals surface area contributed by atoms with Crippen LogP contribution in [0.1, 0.15) is 11.1 Å². The van der Waals surface area contributed by atoms with E-state index in [0.29, 0.717) is 0 Å². The summed E-state index contributed by atoms with van der Waals surface area (Å²) in [7, 11) is 0.